The monoisotopic (exact) mass is 225 g/mol. The van der Waals surface area contributed by atoms with E-state index in [1.807, 2.05) is 12.1 Å². The van der Waals surface area contributed by atoms with Gasteiger partial charge in [0.1, 0.15) is 0 Å². The van der Waals surface area contributed by atoms with Crippen molar-refractivity contribution in [2.75, 3.05) is 0 Å². The molecule has 1 heteroatoms. The Morgan fingerprint density at radius 3 is 1.47 bits per heavy atom. The summed E-state index contributed by atoms with van der Waals surface area (Å²) in [5.74, 6) is 0. The van der Waals surface area contributed by atoms with E-state index in [2.05, 4.69) is 62.4 Å². The predicted octanol–water partition coefficient (Wildman–Crippen LogP) is 3.34. The number of hydrogen-bond acceptors (Lipinski definition) is 1. The lowest BCUT2D eigenvalue weighted by atomic mass is 9.71. The van der Waals surface area contributed by atoms with E-state index < -0.39 is 0 Å². The fourth-order valence-corrected chi connectivity index (χ4v) is 2.26. The van der Waals surface area contributed by atoms with E-state index >= 15 is 0 Å². The standard InChI is InChI=1S/C16H19N/c1-13(17)16(2,14-9-5-3-6-10-14)15-11-7-4-8-12-15/h3-13H,17H2,1-2H3. The van der Waals surface area contributed by atoms with Gasteiger partial charge in [-0.1, -0.05) is 60.7 Å². The minimum Gasteiger partial charge on any atom is -0.327 e. The number of hydrogen-bond donors (Lipinski definition) is 1. The van der Waals surface area contributed by atoms with Gasteiger partial charge in [-0.2, -0.15) is 0 Å². The molecule has 0 amide bonds. The summed E-state index contributed by atoms with van der Waals surface area (Å²) in [7, 11) is 0. The molecule has 0 saturated carbocycles. The first-order valence-corrected chi connectivity index (χ1v) is 6.02. The highest BCUT2D eigenvalue weighted by molar-refractivity contribution is 5.40. The Bertz CT molecular complexity index is 420. The molecule has 0 aliphatic heterocycles. The van der Waals surface area contributed by atoms with E-state index in [9.17, 15) is 0 Å². The third-order valence-corrected chi connectivity index (χ3v) is 3.66. The van der Waals surface area contributed by atoms with Crippen LogP contribution in [0, 0.1) is 0 Å². The second kappa shape index (κ2) is 4.72. The Hall–Kier alpha value is -1.60. The Labute approximate surface area is 103 Å². The summed E-state index contributed by atoms with van der Waals surface area (Å²) < 4.78 is 0. The normalized spacial score (nSPS) is 13.4. The minimum absolute atomic E-state index is 0.0623. The van der Waals surface area contributed by atoms with Crippen LogP contribution in [-0.2, 0) is 5.41 Å². The van der Waals surface area contributed by atoms with Gasteiger partial charge >= 0.3 is 0 Å². The summed E-state index contributed by atoms with van der Waals surface area (Å²) in [5.41, 5.74) is 8.63. The van der Waals surface area contributed by atoms with Gasteiger partial charge in [0, 0.05) is 11.5 Å². The summed E-state index contributed by atoms with van der Waals surface area (Å²) in [6.45, 7) is 4.28. The molecule has 0 aromatic heterocycles. The smallest absolute Gasteiger partial charge is 0.0322 e. The molecular weight excluding hydrogens is 206 g/mol. The average molecular weight is 225 g/mol. The van der Waals surface area contributed by atoms with Crippen molar-refractivity contribution in [3.8, 4) is 0 Å². The zero-order chi connectivity index (χ0) is 12.3. The third-order valence-electron chi connectivity index (χ3n) is 3.66. The molecule has 17 heavy (non-hydrogen) atoms. The van der Waals surface area contributed by atoms with Crippen molar-refractivity contribution in [2.45, 2.75) is 25.3 Å². The lowest BCUT2D eigenvalue weighted by Gasteiger charge is -2.35. The number of nitrogens with two attached hydrogens (primary N) is 1. The van der Waals surface area contributed by atoms with Crippen LogP contribution in [0.4, 0.5) is 0 Å². The maximum Gasteiger partial charge on any atom is 0.0322 e. The van der Waals surface area contributed by atoms with Crippen LogP contribution in [0.3, 0.4) is 0 Å². The lowest BCUT2D eigenvalue weighted by molar-refractivity contribution is 0.470. The van der Waals surface area contributed by atoms with Crippen molar-refractivity contribution >= 4 is 0 Å². The van der Waals surface area contributed by atoms with Gasteiger partial charge in [0.05, 0.1) is 0 Å². The van der Waals surface area contributed by atoms with Crippen molar-refractivity contribution in [3.05, 3.63) is 71.8 Å². The first-order valence-electron chi connectivity index (χ1n) is 6.02. The zero-order valence-electron chi connectivity index (χ0n) is 10.4. The van der Waals surface area contributed by atoms with Gasteiger partial charge in [-0.05, 0) is 25.0 Å². The summed E-state index contributed by atoms with van der Waals surface area (Å²) in [5, 5.41) is 0. The largest absolute Gasteiger partial charge is 0.327 e. The van der Waals surface area contributed by atoms with Crippen molar-refractivity contribution in [3.63, 3.8) is 0 Å². The first kappa shape index (κ1) is 11.9. The van der Waals surface area contributed by atoms with E-state index in [0.717, 1.165) is 0 Å². The lowest BCUT2D eigenvalue weighted by Crippen LogP contribution is -2.41. The topological polar surface area (TPSA) is 26.0 Å². The van der Waals surface area contributed by atoms with Crippen LogP contribution < -0.4 is 5.73 Å². The highest BCUT2D eigenvalue weighted by Crippen LogP contribution is 2.34. The molecule has 2 aromatic rings. The molecule has 0 bridgehead atoms. The minimum atomic E-state index is -0.136. The Kier molecular flexibility index (Phi) is 3.30. The summed E-state index contributed by atoms with van der Waals surface area (Å²) in [6, 6.07) is 21.0. The van der Waals surface area contributed by atoms with E-state index in [1.165, 1.54) is 11.1 Å². The summed E-state index contributed by atoms with van der Waals surface area (Å²) >= 11 is 0. The third kappa shape index (κ3) is 2.11. The molecule has 0 saturated heterocycles. The van der Waals surface area contributed by atoms with Crippen molar-refractivity contribution < 1.29 is 0 Å². The molecular formula is C16H19N. The van der Waals surface area contributed by atoms with Gasteiger partial charge < -0.3 is 5.73 Å². The average Bonchev–Trinajstić information content (AvgIpc) is 2.39. The number of rotatable bonds is 3. The highest BCUT2D eigenvalue weighted by Gasteiger charge is 2.32. The molecule has 1 unspecified atom stereocenters. The molecule has 0 fully saturated rings. The number of benzene rings is 2. The fraction of sp³-hybridized carbons (Fsp3) is 0.250. The Morgan fingerprint density at radius 1 is 0.824 bits per heavy atom. The zero-order valence-corrected chi connectivity index (χ0v) is 10.4. The van der Waals surface area contributed by atoms with Crippen LogP contribution >= 0.6 is 0 Å². The van der Waals surface area contributed by atoms with Crippen LogP contribution in [-0.4, -0.2) is 6.04 Å². The van der Waals surface area contributed by atoms with Crippen molar-refractivity contribution in [2.24, 2.45) is 5.73 Å². The Morgan fingerprint density at radius 2 is 1.18 bits per heavy atom. The van der Waals surface area contributed by atoms with E-state index in [4.69, 9.17) is 5.73 Å². The molecule has 2 N–H and O–H groups in total. The highest BCUT2D eigenvalue weighted by atomic mass is 14.7. The molecule has 1 atom stereocenters. The van der Waals surface area contributed by atoms with E-state index in [0.29, 0.717) is 0 Å². The Balaban J connectivity index is 2.55. The molecule has 2 rings (SSSR count). The van der Waals surface area contributed by atoms with Gasteiger partial charge in [0.2, 0.25) is 0 Å². The van der Waals surface area contributed by atoms with Gasteiger partial charge in [-0.3, -0.25) is 0 Å². The molecule has 0 aliphatic carbocycles. The quantitative estimate of drug-likeness (QED) is 0.851. The first-order chi connectivity index (χ1) is 8.15. The van der Waals surface area contributed by atoms with Gasteiger partial charge in [0.25, 0.3) is 0 Å². The molecule has 88 valence electrons. The molecule has 0 spiro atoms. The van der Waals surface area contributed by atoms with Crippen LogP contribution in [0.25, 0.3) is 0 Å². The van der Waals surface area contributed by atoms with Crippen molar-refractivity contribution in [1.29, 1.82) is 0 Å². The van der Waals surface area contributed by atoms with Gasteiger partial charge in [-0.15, -0.1) is 0 Å². The second-order valence-electron chi connectivity index (χ2n) is 4.72. The van der Waals surface area contributed by atoms with Crippen LogP contribution in [0.2, 0.25) is 0 Å². The molecule has 1 nitrogen and oxygen atoms in total. The SMILES string of the molecule is CC(N)C(C)(c1ccccc1)c1ccccc1. The van der Waals surface area contributed by atoms with Gasteiger partial charge in [0.15, 0.2) is 0 Å². The molecule has 2 aromatic carbocycles. The van der Waals surface area contributed by atoms with Crippen LogP contribution in [0.5, 0.6) is 0 Å². The second-order valence-corrected chi connectivity index (χ2v) is 4.72. The van der Waals surface area contributed by atoms with E-state index in [1.54, 1.807) is 0 Å². The molecule has 0 radical (unpaired) electrons. The van der Waals surface area contributed by atoms with E-state index in [-0.39, 0.29) is 11.5 Å². The maximum absolute atomic E-state index is 6.23. The van der Waals surface area contributed by atoms with Crippen LogP contribution in [0.15, 0.2) is 60.7 Å². The summed E-state index contributed by atoms with van der Waals surface area (Å²) in [6.07, 6.45) is 0. The molecule has 0 heterocycles. The van der Waals surface area contributed by atoms with Gasteiger partial charge in [-0.25, -0.2) is 0 Å². The fourth-order valence-electron chi connectivity index (χ4n) is 2.26. The van der Waals surface area contributed by atoms with Crippen molar-refractivity contribution in [1.82, 2.24) is 0 Å². The summed E-state index contributed by atoms with van der Waals surface area (Å²) in [4.78, 5) is 0. The predicted molar refractivity (Wildman–Crippen MR) is 73.0 cm³/mol. The molecule has 0 aliphatic rings. The van der Waals surface area contributed by atoms with Crippen LogP contribution in [0.1, 0.15) is 25.0 Å². The maximum atomic E-state index is 6.23.